The molecule has 176 valence electrons. The Balaban J connectivity index is 1.37. The van der Waals surface area contributed by atoms with Crippen molar-refractivity contribution in [2.24, 2.45) is 5.41 Å². The van der Waals surface area contributed by atoms with Crippen LogP contribution < -0.4 is 15.0 Å². The summed E-state index contributed by atoms with van der Waals surface area (Å²) in [4.78, 5) is 19.8. The van der Waals surface area contributed by atoms with Crippen LogP contribution in [0.4, 0.5) is 11.5 Å². The molecule has 2 aromatic heterocycles. The Bertz CT molecular complexity index is 1030. The molecule has 2 N–H and O–H groups in total. The van der Waals surface area contributed by atoms with Gasteiger partial charge >= 0.3 is 5.97 Å². The van der Waals surface area contributed by atoms with Gasteiger partial charge in [0, 0.05) is 30.7 Å². The number of nitrogens with one attached hydrogen (secondary N) is 1. The molecule has 3 heterocycles. The van der Waals surface area contributed by atoms with Gasteiger partial charge in [0.25, 0.3) is 0 Å². The van der Waals surface area contributed by atoms with Gasteiger partial charge in [0.05, 0.1) is 16.7 Å². The van der Waals surface area contributed by atoms with E-state index in [-0.39, 0.29) is 17.6 Å². The maximum absolute atomic E-state index is 11.8. The molecule has 0 spiro atoms. The number of rotatable bonds is 6. The van der Waals surface area contributed by atoms with Crippen LogP contribution in [0.25, 0.3) is 0 Å². The first-order valence-electron chi connectivity index (χ1n) is 11.8. The lowest BCUT2D eigenvalue weighted by Gasteiger charge is -2.31. The fourth-order valence-electron chi connectivity index (χ4n) is 4.33. The fraction of sp³-hybridized carbons (Fsp3) is 0.538. The van der Waals surface area contributed by atoms with E-state index < -0.39 is 5.97 Å². The fourth-order valence-corrected chi connectivity index (χ4v) is 5.15. The predicted octanol–water partition coefficient (Wildman–Crippen LogP) is 5.64. The van der Waals surface area contributed by atoms with Crippen LogP contribution in [0.5, 0.6) is 5.75 Å². The zero-order chi connectivity index (χ0) is 23.4. The number of carboxylic acid groups (broad SMARTS) is 1. The Morgan fingerprint density at radius 2 is 1.97 bits per heavy atom. The minimum atomic E-state index is -0.908. The van der Waals surface area contributed by atoms with E-state index in [1.807, 2.05) is 45.2 Å². The second-order valence-electron chi connectivity index (χ2n) is 9.91. The molecule has 7 heteroatoms. The van der Waals surface area contributed by atoms with Crippen molar-refractivity contribution in [2.75, 3.05) is 23.3 Å². The number of thiophene rings is 1. The highest BCUT2D eigenvalue weighted by Crippen LogP contribution is 2.34. The number of nitrogens with zero attached hydrogens (tertiary/aromatic N) is 2. The molecule has 4 rings (SSSR count). The van der Waals surface area contributed by atoms with Gasteiger partial charge in [0.15, 0.2) is 11.6 Å². The zero-order valence-electron chi connectivity index (χ0n) is 19.7. The largest absolute Gasteiger partial charge is 0.487 e. The van der Waals surface area contributed by atoms with E-state index in [2.05, 4.69) is 27.0 Å². The van der Waals surface area contributed by atoms with Gasteiger partial charge in [0.1, 0.15) is 4.88 Å². The van der Waals surface area contributed by atoms with Crippen molar-refractivity contribution < 1.29 is 14.6 Å². The van der Waals surface area contributed by atoms with Crippen LogP contribution in [-0.4, -0.2) is 41.3 Å². The van der Waals surface area contributed by atoms with Gasteiger partial charge in [-0.3, -0.25) is 0 Å². The van der Waals surface area contributed by atoms with Gasteiger partial charge < -0.3 is 20.1 Å². The third-order valence-corrected chi connectivity index (χ3v) is 7.01. The Morgan fingerprint density at radius 1 is 1.24 bits per heavy atom. The lowest BCUT2D eigenvalue weighted by Crippen LogP contribution is -2.32. The van der Waals surface area contributed by atoms with Crippen LogP contribution >= 0.6 is 11.3 Å². The predicted molar refractivity (Wildman–Crippen MR) is 134 cm³/mol. The lowest BCUT2D eigenvalue weighted by atomic mass is 9.92. The Morgan fingerprint density at radius 3 is 2.64 bits per heavy atom. The Labute approximate surface area is 200 Å². The number of carbonyl (C=O) groups is 1. The van der Waals surface area contributed by atoms with Gasteiger partial charge in [-0.1, -0.05) is 11.8 Å². The second-order valence-corrected chi connectivity index (χ2v) is 11.0. The number of aromatic nitrogens is 1. The lowest BCUT2D eigenvalue weighted by molar-refractivity contribution is 0.0703. The maximum Gasteiger partial charge on any atom is 0.348 e. The number of ether oxygens (including phenoxy) is 1. The number of hydrogen-bond acceptors (Lipinski definition) is 6. The van der Waals surface area contributed by atoms with Crippen LogP contribution in [0, 0.1) is 17.3 Å². The van der Waals surface area contributed by atoms with Crippen LogP contribution in [0.1, 0.15) is 73.8 Å². The summed E-state index contributed by atoms with van der Waals surface area (Å²) in [6.45, 7) is 8.22. The van der Waals surface area contributed by atoms with E-state index >= 15 is 0 Å². The monoisotopic (exact) mass is 467 g/mol. The van der Waals surface area contributed by atoms with Crippen LogP contribution in [0.15, 0.2) is 24.4 Å². The van der Waals surface area contributed by atoms with Gasteiger partial charge in [-0.25, -0.2) is 9.78 Å². The molecule has 0 radical (unpaired) electrons. The summed E-state index contributed by atoms with van der Waals surface area (Å²) in [6.07, 6.45) is 8.12. The van der Waals surface area contributed by atoms with Crippen molar-refractivity contribution in [3.8, 4) is 17.6 Å². The summed E-state index contributed by atoms with van der Waals surface area (Å²) in [5.74, 6) is 7.26. The highest BCUT2D eigenvalue weighted by molar-refractivity contribution is 7.15. The van der Waals surface area contributed by atoms with E-state index in [1.165, 1.54) is 24.2 Å². The molecule has 0 amide bonds. The molecular weight excluding hydrogens is 434 g/mol. The molecule has 0 bridgehead atoms. The number of hydrogen-bond donors (Lipinski definition) is 2. The molecule has 1 aliphatic heterocycles. The van der Waals surface area contributed by atoms with Gasteiger partial charge in [-0.15, -0.1) is 11.3 Å². The number of anilines is 2. The first-order valence-corrected chi connectivity index (χ1v) is 12.6. The van der Waals surface area contributed by atoms with Crippen molar-refractivity contribution in [3.63, 3.8) is 0 Å². The molecule has 2 fully saturated rings. The molecule has 2 aliphatic rings. The van der Waals surface area contributed by atoms with Crippen LogP contribution in [-0.2, 0) is 0 Å². The van der Waals surface area contributed by atoms with Crippen molar-refractivity contribution in [3.05, 3.63) is 34.2 Å². The van der Waals surface area contributed by atoms with E-state index in [1.54, 1.807) is 0 Å². The molecule has 0 aromatic carbocycles. The van der Waals surface area contributed by atoms with E-state index in [0.29, 0.717) is 10.6 Å². The quantitative estimate of drug-likeness (QED) is 0.536. The van der Waals surface area contributed by atoms with Crippen LogP contribution in [0.3, 0.4) is 0 Å². The standard InChI is InChI=1S/C26H33N3O3S/c1-26(2,3)13-12-20-17-21(23(33-20)25(30)31)28-18-8-10-19(11-9-18)32-22-7-6-14-27-24(22)29-15-4-5-16-29/h6-7,14,17-19,28H,4-5,8-11,15-16H2,1-3H3,(H,30,31)/t18-,19-. The van der Waals surface area contributed by atoms with Crippen molar-refractivity contribution in [1.82, 2.24) is 4.98 Å². The average Bonchev–Trinajstić information content (AvgIpc) is 3.44. The minimum Gasteiger partial charge on any atom is -0.487 e. The normalized spacial score (nSPS) is 20.8. The smallest absolute Gasteiger partial charge is 0.348 e. The van der Waals surface area contributed by atoms with Crippen molar-refractivity contribution >= 4 is 28.8 Å². The number of carboxylic acids is 1. The SMILES string of the molecule is CC(C)(C)C#Cc1cc(N[C@H]2CC[C@H](Oc3cccnc3N3CCCC3)CC2)c(C(=O)O)s1. The van der Waals surface area contributed by atoms with Crippen molar-refractivity contribution in [1.29, 1.82) is 0 Å². The summed E-state index contributed by atoms with van der Waals surface area (Å²) >= 11 is 1.24. The Kier molecular flexibility index (Phi) is 7.14. The van der Waals surface area contributed by atoms with Crippen LogP contribution in [0.2, 0.25) is 0 Å². The Hall–Kier alpha value is -2.72. The van der Waals surface area contributed by atoms with E-state index in [4.69, 9.17) is 4.74 Å². The van der Waals surface area contributed by atoms with E-state index in [9.17, 15) is 9.90 Å². The number of aromatic carboxylic acids is 1. The zero-order valence-corrected chi connectivity index (χ0v) is 20.5. The maximum atomic E-state index is 11.8. The molecule has 0 atom stereocenters. The summed E-state index contributed by atoms with van der Waals surface area (Å²) < 4.78 is 6.38. The summed E-state index contributed by atoms with van der Waals surface area (Å²) in [6, 6.07) is 6.07. The molecule has 1 aliphatic carbocycles. The first-order chi connectivity index (χ1) is 15.8. The van der Waals surface area contributed by atoms with Crippen molar-refractivity contribution in [2.45, 2.75) is 71.4 Å². The van der Waals surface area contributed by atoms with Gasteiger partial charge in [-0.2, -0.15) is 0 Å². The molecule has 6 nitrogen and oxygen atoms in total. The summed E-state index contributed by atoms with van der Waals surface area (Å²) in [5, 5.41) is 13.1. The summed E-state index contributed by atoms with van der Waals surface area (Å²) in [5.41, 5.74) is 0.557. The van der Waals surface area contributed by atoms with E-state index in [0.717, 1.165) is 55.2 Å². The molecule has 1 saturated heterocycles. The average molecular weight is 468 g/mol. The first kappa shape index (κ1) is 23.4. The highest BCUT2D eigenvalue weighted by Gasteiger charge is 2.26. The number of pyridine rings is 1. The molecule has 0 unspecified atom stereocenters. The third-order valence-electron chi connectivity index (χ3n) is 5.97. The van der Waals surface area contributed by atoms with Gasteiger partial charge in [0.2, 0.25) is 0 Å². The molecule has 1 saturated carbocycles. The second kappa shape index (κ2) is 10.0. The molecule has 33 heavy (non-hydrogen) atoms. The summed E-state index contributed by atoms with van der Waals surface area (Å²) in [7, 11) is 0. The highest BCUT2D eigenvalue weighted by atomic mass is 32.1. The third kappa shape index (κ3) is 6.20. The minimum absolute atomic E-state index is 0.123. The van der Waals surface area contributed by atoms with Gasteiger partial charge in [-0.05, 0) is 77.5 Å². The molecular formula is C26H33N3O3S. The topological polar surface area (TPSA) is 74.7 Å². The molecule has 2 aromatic rings.